The molecule has 1 aliphatic carbocycles. The van der Waals surface area contributed by atoms with Crippen LogP contribution in [0.1, 0.15) is 54.4 Å². The number of anilines is 1. The van der Waals surface area contributed by atoms with Crippen LogP contribution in [0.4, 0.5) is 5.69 Å². The number of aryl methyl sites for hydroxylation is 4. The van der Waals surface area contributed by atoms with Crippen molar-refractivity contribution in [2.45, 2.75) is 70.7 Å². The lowest BCUT2D eigenvalue weighted by Crippen LogP contribution is -2.46. The highest BCUT2D eigenvalue weighted by Gasteiger charge is 2.35. The van der Waals surface area contributed by atoms with Crippen molar-refractivity contribution in [1.29, 1.82) is 0 Å². The second-order valence-electron chi connectivity index (χ2n) is 8.48. The van der Waals surface area contributed by atoms with Gasteiger partial charge < -0.3 is 5.32 Å². The summed E-state index contributed by atoms with van der Waals surface area (Å²) in [6.07, 6.45) is 4.68. The summed E-state index contributed by atoms with van der Waals surface area (Å²) in [4.78, 5) is 13.2. The molecule has 1 fully saturated rings. The maximum Gasteiger partial charge on any atom is 0.244 e. The minimum atomic E-state index is -3.80. The van der Waals surface area contributed by atoms with Gasteiger partial charge >= 0.3 is 0 Å². The first-order valence-electron chi connectivity index (χ1n) is 10.6. The molecule has 3 rings (SSSR count). The molecular weight excluding hydrogens is 396 g/mol. The van der Waals surface area contributed by atoms with Crippen molar-refractivity contribution in [2.24, 2.45) is 0 Å². The fourth-order valence-electron chi connectivity index (χ4n) is 4.45. The van der Waals surface area contributed by atoms with Crippen LogP contribution in [-0.4, -0.2) is 31.2 Å². The SMILES string of the molecule is Cc1ccc(NC(=O)CN(C2CCCCC2)S(=O)(=O)c2c(C)cc(C)cc2C)cc1. The topological polar surface area (TPSA) is 66.5 Å². The van der Waals surface area contributed by atoms with Gasteiger partial charge in [0.1, 0.15) is 0 Å². The quantitative estimate of drug-likeness (QED) is 0.713. The van der Waals surface area contributed by atoms with E-state index in [4.69, 9.17) is 0 Å². The lowest BCUT2D eigenvalue weighted by atomic mass is 9.95. The Hall–Kier alpha value is -2.18. The molecule has 5 nitrogen and oxygen atoms in total. The van der Waals surface area contributed by atoms with E-state index < -0.39 is 10.0 Å². The van der Waals surface area contributed by atoms with E-state index >= 15 is 0 Å². The van der Waals surface area contributed by atoms with Gasteiger partial charge in [0.25, 0.3) is 0 Å². The third-order valence-electron chi connectivity index (χ3n) is 5.79. The average molecular weight is 429 g/mol. The fraction of sp³-hybridized carbons (Fsp3) is 0.458. The Balaban J connectivity index is 1.92. The summed E-state index contributed by atoms with van der Waals surface area (Å²) in [6, 6.07) is 11.2. The number of hydrogen-bond acceptors (Lipinski definition) is 3. The molecule has 6 heteroatoms. The lowest BCUT2D eigenvalue weighted by Gasteiger charge is -2.33. The second kappa shape index (κ2) is 9.31. The molecule has 1 amide bonds. The Bertz CT molecular complexity index is 984. The average Bonchev–Trinajstić information content (AvgIpc) is 2.67. The van der Waals surface area contributed by atoms with Crippen LogP contribution in [0.2, 0.25) is 0 Å². The molecule has 0 unspecified atom stereocenters. The largest absolute Gasteiger partial charge is 0.325 e. The van der Waals surface area contributed by atoms with E-state index in [1.165, 1.54) is 4.31 Å². The predicted molar refractivity (Wildman–Crippen MR) is 121 cm³/mol. The number of carbonyl (C=O) groups is 1. The Morgan fingerprint density at radius 2 is 1.50 bits per heavy atom. The maximum atomic E-state index is 13.8. The van der Waals surface area contributed by atoms with Crippen molar-refractivity contribution >= 4 is 21.6 Å². The van der Waals surface area contributed by atoms with Gasteiger partial charge in [0.15, 0.2) is 0 Å². The predicted octanol–water partition coefficient (Wildman–Crippen LogP) is 4.88. The van der Waals surface area contributed by atoms with E-state index in [2.05, 4.69) is 5.32 Å². The van der Waals surface area contributed by atoms with Crippen molar-refractivity contribution < 1.29 is 13.2 Å². The van der Waals surface area contributed by atoms with Crippen molar-refractivity contribution in [1.82, 2.24) is 4.31 Å². The number of rotatable bonds is 6. The van der Waals surface area contributed by atoms with Gasteiger partial charge in [-0.1, -0.05) is 54.7 Å². The molecule has 0 atom stereocenters. The van der Waals surface area contributed by atoms with Crippen LogP contribution in [0.25, 0.3) is 0 Å². The van der Waals surface area contributed by atoms with Gasteiger partial charge in [-0.25, -0.2) is 8.42 Å². The zero-order chi connectivity index (χ0) is 21.9. The fourth-order valence-corrected chi connectivity index (χ4v) is 6.51. The molecule has 162 valence electrons. The number of sulfonamides is 1. The molecular formula is C24H32N2O3S. The van der Waals surface area contributed by atoms with E-state index in [1.54, 1.807) is 0 Å². The van der Waals surface area contributed by atoms with Gasteiger partial charge in [-0.15, -0.1) is 0 Å². The van der Waals surface area contributed by atoms with Crippen LogP contribution < -0.4 is 5.32 Å². The molecule has 30 heavy (non-hydrogen) atoms. The van der Waals surface area contributed by atoms with Crippen LogP contribution in [-0.2, 0) is 14.8 Å². The summed E-state index contributed by atoms with van der Waals surface area (Å²) in [5, 5.41) is 2.86. The summed E-state index contributed by atoms with van der Waals surface area (Å²) in [7, 11) is -3.80. The highest BCUT2D eigenvalue weighted by molar-refractivity contribution is 7.89. The maximum absolute atomic E-state index is 13.8. The Morgan fingerprint density at radius 3 is 2.07 bits per heavy atom. The summed E-state index contributed by atoms with van der Waals surface area (Å²) in [5.74, 6) is -0.310. The first kappa shape index (κ1) is 22.5. The molecule has 0 bridgehead atoms. The van der Waals surface area contributed by atoms with Crippen molar-refractivity contribution in [2.75, 3.05) is 11.9 Å². The normalized spacial score (nSPS) is 15.4. The zero-order valence-corrected chi connectivity index (χ0v) is 19.2. The smallest absolute Gasteiger partial charge is 0.244 e. The molecule has 0 spiro atoms. The van der Waals surface area contributed by atoms with Gasteiger partial charge in [-0.3, -0.25) is 4.79 Å². The van der Waals surface area contributed by atoms with E-state index in [0.29, 0.717) is 10.6 Å². The number of nitrogens with zero attached hydrogens (tertiary/aromatic N) is 1. The number of nitrogens with one attached hydrogen (secondary N) is 1. The first-order chi connectivity index (χ1) is 14.2. The highest BCUT2D eigenvalue weighted by Crippen LogP contribution is 2.31. The molecule has 1 N–H and O–H groups in total. The minimum absolute atomic E-state index is 0.146. The third kappa shape index (κ3) is 5.10. The Kier molecular flexibility index (Phi) is 6.98. The number of hydrogen-bond donors (Lipinski definition) is 1. The standard InChI is InChI=1S/C24H32N2O3S/c1-17-10-12-21(13-11-17)25-23(27)16-26(22-8-6-5-7-9-22)30(28,29)24-19(3)14-18(2)15-20(24)4/h10-15,22H,5-9,16H2,1-4H3,(H,25,27). The monoisotopic (exact) mass is 428 g/mol. The van der Waals surface area contributed by atoms with Crippen LogP contribution in [0.5, 0.6) is 0 Å². The molecule has 0 heterocycles. The summed E-state index contributed by atoms with van der Waals surface area (Å²) < 4.78 is 29.0. The molecule has 0 aromatic heterocycles. The second-order valence-corrected chi connectivity index (χ2v) is 10.3. The van der Waals surface area contributed by atoms with Crippen molar-refractivity contribution in [3.63, 3.8) is 0 Å². The van der Waals surface area contributed by atoms with Crippen molar-refractivity contribution in [3.05, 3.63) is 58.7 Å². The number of amides is 1. The van der Waals surface area contributed by atoms with Crippen LogP contribution in [0.3, 0.4) is 0 Å². The molecule has 1 aliphatic rings. The summed E-state index contributed by atoms with van der Waals surface area (Å²) >= 11 is 0. The van der Waals surface area contributed by atoms with E-state index in [-0.39, 0.29) is 18.5 Å². The van der Waals surface area contributed by atoms with E-state index in [0.717, 1.165) is 54.4 Å². The number of benzene rings is 2. The van der Waals surface area contributed by atoms with Gasteiger partial charge in [-0.2, -0.15) is 4.31 Å². The van der Waals surface area contributed by atoms with Crippen LogP contribution in [0, 0.1) is 27.7 Å². The molecule has 0 aliphatic heterocycles. The zero-order valence-electron chi connectivity index (χ0n) is 18.4. The minimum Gasteiger partial charge on any atom is -0.325 e. The molecule has 0 saturated heterocycles. The van der Waals surface area contributed by atoms with Gasteiger partial charge in [0, 0.05) is 11.7 Å². The summed E-state index contributed by atoms with van der Waals surface area (Å²) in [5.41, 5.74) is 4.27. The van der Waals surface area contributed by atoms with E-state index in [9.17, 15) is 13.2 Å². The molecule has 2 aromatic carbocycles. The molecule has 1 saturated carbocycles. The van der Waals surface area contributed by atoms with Crippen LogP contribution >= 0.6 is 0 Å². The number of carbonyl (C=O) groups excluding carboxylic acids is 1. The Morgan fingerprint density at radius 1 is 0.933 bits per heavy atom. The van der Waals surface area contributed by atoms with Gasteiger partial charge in [0.05, 0.1) is 11.4 Å². The van der Waals surface area contributed by atoms with Crippen molar-refractivity contribution in [3.8, 4) is 0 Å². The molecule has 0 radical (unpaired) electrons. The van der Waals surface area contributed by atoms with Crippen LogP contribution in [0.15, 0.2) is 41.3 Å². The van der Waals surface area contributed by atoms with Gasteiger partial charge in [0.2, 0.25) is 15.9 Å². The lowest BCUT2D eigenvalue weighted by molar-refractivity contribution is -0.116. The Labute approximate surface area is 180 Å². The van der Waals surface area contributed by atoms with Gasteiger partial charge in [-0.05, 0) is 63.8 Å². The molecule has 2 aromatic rings. The van der Waals surface area contributed by atoms with E-state index in [1.807, 2.05) is 64.1 Å². The highest BCUT2D eigenvalue weighted by atomic mass is 32.2. The first-order valence-corrected chi connectivity index (χ1v) is 12.1. The summed E-state index contributed by atoms with van der Waals surface area (Å²) in [6.45, 7) is 7.43. The third-order valence-corrected chi connectivity index (χ3v) is 7.99.